The topological polar surface area (TPSA) is 67.9 Å². The third-order valence-corrected chi connectivity index (χ3v) is 4.58. The molecule has 0 atom stereocenters. The van der Waals surface area contributed by atoms with Gasteiger partial charge in [-0.3, -0.25) is 4.79 Å². The van der Waals surface area contributed by atoms with E-state index in [0.29, 0.717) is 24.1 Å². The summed E-state index contributed by atoms with van der Waals surface area (Å²) >= 11 is 0. The maximum absolute atomic E-state index is 12.3. The van der Waals surface area contributed by atoms with Gasteiger partial charge in [-0.2, -0.15) is 0 Å². The fraction of sp³-hybridized carbons (Fsp3) is 0.333. The third kappa shape index (κ3) is 5.08. The minimum atomic E-state index is -0.352. The number of morpholine rings is 1. The molecular formula is C21H24N2O4. The molecule has 1 aliphatic heterocycles. The quantitative estimate of drug-likeness (QED) is 0.793. The summed E-state index contributed by atoms with van der Waals surface area (Å²) in [6, 6.07) is 14.9. The molecule has 2 aromatic rings. The lowest BCUT2D eigenvalue weighted by Gasteiger charge is -2.28. The standard InChI is InChI=1S/C21H24N2O4/c1-26-21(25)18-4-2-16(3-5-18)10-11-22-20(24)17-6-8-19(9-7-17)23-12-14-27-15-13-23/h2-9H,10-15H2,1H3,(H,22,24). The Hall–Kier alpha value is -2.86. The molecule has 6 heteroatoms. The Morgan fingerprint density at radius 2 is 1.63 bits per heavy atom. The van der Waals surface area contributed by atoms with Gasteiger partial charge in [0.2, 0.25) is 0 Å². The molecule has 2 aromatic carbocycles. The monoisotopic (exact) mass is 368 g/mol. The first kappa shape index (κ1) is 18.9. The molecule has 1 saturated heterocycles. The van der Waals surface area contributed by atoms with Crippen molar-refractivity contribution in [3.05, 3.63) is 65.2 Å². The Labute approximate surface area is 159 Å². The summed E-state index contributed by atoms with van der Waals surface area (Å²) in [5, 5.41) is 2.93. The van der Waals surface area contributed by atoms with E-state index in [0.717, 1.165) is 37.6 Å². The van der Waals surface area contributed by atoms with Crippen molar-refractivity contribution in [3.8, 4) is 0 Å². The van der Waals surface area contributed by atoms with Gasteiger partial charge in [0.1, 0.15) is 0 Å². The lowest BCUT2D eigenvalue weighted by atomic mass is 10.1. The number of anilines is 1. The smallest absolute Gasteiger partial charge is 0.337 e. The second kappa shape index (κ2) is 9.19. The number of carbonyl (C=O) groups excluding carboxylic acids is 2. The van der Waals surface area contributed by atoms with Crippen molar-refractivity contribution < 1.29 is 19.1 Å². The molecule has 3 rings (SSSR count). The Morgan fingerprint density at radius 3 is 2.26 bits per heavy atom. The predicted molar refractivity (Wildman–Crippen MR) is 103 cm³/mol. The largest absolute Gasteiger partial charge is 0.465 e. The number of nitrogens with zero attached hydrogens (tertiary/aromatic N) is 1. The van der Waals surface area contributed by atoms with Gasteiger partial charge >= 0.3 is 5.97 Å². The normalized spacial score (nSPS) is 13.9. The van der Waals surface area contributed by atoms with Crippen molar-refractivity contribution >= 4 is 17.6 Å². The molecule has 6 nitrogen and oxygen atoms in total. The minimum Gasteiger partial charge on any atom is -0.465 e. The summed E-state index contributed by atoms with van der Waals surface area (Å²) in [6.45, 7) is 3.76. The summed E-state index contributed by atoms with van der Waals surface area (Å²) in [6.07, 6.45) is 0.694. The summed E-state index contributed by atoms with van der Waals surface area (Å²) in [5.41, 5.74) is 3.32. The summed E-state index contributed by atoms with van der Waals surface area (Å²) in [5.74, 6) is -0.440. The van der Waals surface area contributed by atoms with Crippen LogP contribution in [-0.2, 0) is 15.9 Å². The van der Waals surface area contributed by atoms with Gasteiger partial charge in [-0.15, -0.1) is 0 Å². The van der Waals surface area contributed by atoms with Crippen molar-refractivity contribution in [3.63, 3.8) is 0 Å². The Morgan fingerprint density at radius 1 is 1.00 bits per heavy atom. The Balaban J connectivity index is 1.48. The number of ether oxygens (including phenoxy) is 2. The zero-order valence-corrected chi connectivity index (χ0v) is 15.4. The average Bonchev–Trinajstić information content (AvgIpc) is 2.74. The first-order valence-electron chi connectivity index (χ1n) is 9.05. The van der Waals surface area contributed by atoms with Crippen LogP contribution < -0.4 is 10.2 Å². The van der Waals surface area contributed by atoms with E-state index in [1.165, 1.54) is 7.11 Å². The fourth-order valence-electron chi connectivity index (χ4n) is 2.99. The number of hydrogen-bond acceptors (Lipinski definition) is 5. The van der Waals surface area contributed by atoms with Gasteiger partial charge < -0.3 is 19.7 Å². The molecule has 0 saturated carbocycles. The molecule has 142 valence electrons. The van der Waals surface area contributed by atoms with E-state index in [2.05, 4.69) is 15.0 Å². The van der Waals surface area contributed by atoms with E-state index in [-0.39, 0.29) is 11.9 Å². The molecule has 0 spiro atoms. The third-order valence-electron chi connectivity index (χ3n) is 4.58. The lowest BCUT2D eigenvalue weighted by molar-refractivity contribution is 0.0600. The van der Waals surface area contributed by atoms with Crippen LogP contribution in [0.4, 0.5) is 5.69 Å². The van der Waals surface area contributed by atoms with Crippen molar-refractivity contribution in [1.29, 1.82) is 0 Å². The summed E-state index contributed by atoms with van der Waals surface area (Å²) in [4.78, 5) is 26.0. The molecule has 1 fully saturated rings. The number of amides is 1. The van der Waals surface area contributed by atoms with Crippen LogP contribution in [0.15, 0.2) is 48.5 Å². The van der Waals surface area contributed by atoms with E-state index in [1.807, 2.05) is 36.4 Å². The number of rotatable bonds is 6. The number of nitrogens with one attached hydrogen (secondary N) is 1. The van der Waals surface area contributed by atoms with Crippen LogP contribution in [0, 0.1) is 0 Å². The molecule has 0 aliphatic carbocycles. The highest BCUT2D eigenvalue weighted by Gasteiger charge is 2.12. The SMILES string of the molecule is COC(=O)c1ccc(CCNC(=O)c2ccc(N3CCOCC3)cc2)cc1. The van der Waals surface area contributed by atoms with E-state index < -0.39 is 0 Å². The van der Waals surface area contributed by atoms with Crippen LogP contribution in [0.25, 0.3) is 0 Å². The number of benzene rings is 2. The van der Waals surface area contributed by atoms with Gasteiger partial charge in [0.25, 0.3) is 5.91 Å². The Kier molecular flexibility index (Phi) is 6.44. The van der Waals surface area contributed by atoms with E-state index in [9.17, 15) is 9.59 Å². The number of methoxy groups -OCH3 is 1. The van der Waals surface area contributed by atoms with E-state index >= 15 is 0 Å². The van der Waals surface area contributed by atoms with E-state index in [1.54, 1.807) is 12.1 Å². The van der Waals surface area contributed by atoms with Gasteiger partial charge in [-0.25, -0.2) is 4.79 Å². The molecule has 0 bridgehead atoms. The summed E-state index contributed by atoms with van der Waals surface area (Å²) < 4.78 is 10.0. The molecule has 1 amide bonds. The van der Waals surface area contributed by atoms with Crippen molar-refractivity contribution in [2.45, 2.75) is 6.42 Å². The highest BCUT2D eigenvalue weighted by molar-refractivity contribution is 5.94. The van der Waals surface area contributed by atoms with Crippen LogP contribution in [0.1, 0.15) is 26.3 Å². The van der Waals surface area contributed by atoms with Gasteiger partial charge in [0.05, 0.1) is 25.9 Å². The second-order valence-electron chi connectivity index (χ2n) is 6.34. The molecule has 1 heterocycles. The first-order valence-corrected chi connectivity index (χ1v) is 9.05. The van der Waals surface area contributed by atoms with Gasteiger partial charge in [0, 0.05) is 30.9 Å². The number of carbonyl (C=O) groups is 2. The maximum Gasteiger partial charge on any atom is 0.337 e. The predicted octanol–water partition coefficient (Wildman–Crippen LogP) is 2.28. The molecule has 1 aliphatic rings. The first-order chi connectivity index (χ1) is 13.2. The van der Waals surface area contributed by atoms with Gasteiger partial charge in [-0.1, -0.05) is 12.1 Å². The van der Waals surface area contributed by atoms with Crippen LogP contribution in [0.2, 0.25) is 0 Å². The fourth-order valence-corrected chi connectivity index (χ4v) is 2.99. The average molecular weight is 368 g/mol. The highest BCUT2D eigenvalue weighted by Crippen LogP contribution is 2.16. The molecule has 0 radical (unpaired) electrons. The molecule has 27 heavy (non-hydrogen) atoms. The highest BCUT2D eigenvalue weighted by atomic mass is 16.5. The Bertz CT molecular complexity index is 766. The lowest BCUT2D eigenvalue weighted by Crippen LogP contribution is -2.36. The van der Waals surface area contributed by atoms with E-state index in [4.69, 9.17) is 4.74 Å². The minimum absolute atomic E-state index is 0.0882. The zero-order chi connectivity index (χ0) is 19.1. The second-order valence-corrected chi connectivity index (χ2v) is 6.34. The van der Waals surface area contributed by atoms with Crippen LogP contribution in [-0.4, -0.2) is 51.8 Å². The number of esters is 1. The zero-order valence-electron chi connectivity index (χ0n) is 15.4. The van der Waals surface area contributed by atoms with Gasteiger partial charge in [-0.05, 0) is 48.4 Å². The van der Waals surface area contributed by atoms with Crippen molar-refractivity contribution in [2.24, 2.45) is 0 Å². The van der Waals surface area contributed by atoms with Crippen LogP contribution in [0.5, 0.6) is 0 Å². The van der Waals surface area contributed by atoms with Crippen LogP contribution >= 0.6 is 0 Å². The maximum atomic E-state index is 12.3. The molecule has 0 aromatic heterocycles. The molecular weight excluding hydrogens is 344 g/mol. The molecule has 0 unspecified atom stereocenters. The summed E-state index contributed by atoms with van der Waals surface area (Å²) in [7, 11) is 1.36. The van der Waals surface area contributed by atoms with Crippen molar-refractivity contribution in [1.82, 2.24) is 5.32 Å². The van der Waals surface area contributed by atoms with Crippen molar-refractivity contribution in [2.75, 3.05) is 44.9 Å². The molecule has 1 N–H and O–H groups in total. The van der Waals surface area contributed by atoms with Crippen LogP contribution in [0.3, 0.4) is 0 Å². The van der Waals surface area contributed by atoms with Gasteiger partial charge in [0.15, 0.2) is 0 Å². The number of hydrogen-bond donors (Lipinski definition) is 1.